The molecule has 0 aromatic carbocycles. The number of rotatable bonds is 3. The summed E-state index contributed by atoms with van der Waals surface area (Å²) in [4.78, 5) is 14.6. The molecular weight excluding hydrogens is 198 g/mol. The van der Waals surface area contributed by atoms with Crippen molar-refractivity contribution in [3.8, 4) is 0 Å². The molecule has 5 nitrogen and oxygen atoms in total. The van der Waals surface area contributed by atoms with Gasteiger partial charge in [0.1, 0.15) is 8.07 Å². The number of aliphatic hydroxyl groups is 1. The second-order valence-corrected chi connectivity index (χ2v) is 9.21. The van der Waals surface area contributed by atoms with Crippen LogP contribution in [0.3, 0.4) is 0 Å². The molecule has 1 rings (SSSR count). The molecule has 0 spiro atoms. The molecule has 0 fully saturated rings. The molecule has 0 atom stereocenters. The molecule has 0 amide bonds. The Morgan fingerprint density at radius 2 is 2.07 bits per heavy atom. The number of nitroso groups, excluding NO2 is 1. The number of aliphatic hydroxyl groups excluding tert-OH is 1. The molecule has 0 unspecified atom stereocenters. The molecule has 1 N–H and O–H groups in total. The zero-order valence-electron chi connectivity index (χ0n) is 8.90. The van der Waals surface area contributed by atoms with Crippen molar-refractivity contribution < 1.29 is 5.11 Å². The Kier molecular flexibility index (Phi) is 2.86. The standard InChI is InChI=1S/C8H15N3O2Si/c1-11-6(5-12)7(10-13)9-8(11)14(2,3)4/h12H,5H2,1-4H3. The summed E-state index contributed by atoms with van der Waals surface area (Å²) in [7, 11) is 0.227. The minimum absolute atomic E-state index is 0.118. The lowest BCUT2D eigenvalue weighted by atomic mass is 10.4. The predicted molar refractivity (Wildman–Crippen MR) is 57.6 cm³/mol. The largest absolute Gasteiger partial charge is 0.390 e. The van der Waals surface area contributed by atoms with E-state index in [2.05, 4.69) is 29.8 Å². The highest BCUT2D eigenvalue weighted by Crippen LogP contribution is 2.16. The predicted octanol–water partition coefficient (Wildman–Crippen LogP) is 0.855. The molecule has 0 bridgehead atoms. The van der Waals surface area contributed by atoms with E-state index in [1.807, 2.05) is 0 Å². The van der Waals surface area contributed by atoms with Crippen molar-refractivity contribution in [2.24, 2.45) is 12.2 Å². The van der Waals surface area contributed by atoms with Gasteiger partial charge in [-0.2, -0.15) is 0 Å². The van der Waals surface area contributed by atoms with Gasteiger partial charge in [0.25, 0.3) is 0 Å². The van der Waals surface area contributed by atoms with Crippen LogP contribution in [0.25, 0.3) is 0 Å². The summed E-state index contributed by atoms with van der Waals surface area (Å²) in [6.07, 6.45) is 0. The van der Waals surface area contributed by atoms with Crippen molar-refractivity contribution in [1.29, 1.82) is 0 Å². The molecule has 0 aliphatic rings. The Morgan fingerprint density at radius 1 is 1.50 bits per heavy atom. The van der Waals surface area contributed by atoms with Crippen LogP contribution in [0.1, 0.15) is 5.69 Å². The van der Waals surface area contributed by atoms with Gasteiger partial charge in [0, 0.05) is 7.05 Å². The Morgan fingerprint density at radius 3 is 2.36 bits per heavy atom. The fourth-order valence-electron chi connectivity index (χ4n) is 1.44. The molecule has 78 valence electrons. The zero-order valence-corrected chi connectivity index (χ0v) is 9.90. The van der Waals surface area contributed by atoms with Gasteiger partial charge in [0.2, 0.25) is 5.82 Å². The third-order valence-corrected chi connectivity index (χ3v) is 3.89. The van der Waals surface area contributed by atoms with Crippen molar-refractivity contribution in [3.05, 3.63) is 10.6 Å². The summed E-state index contributed by atoms with van der Waals surface area (Å²) < 4.78 is 1.78. The first kappa shape index (κ1) is 11.1. The average molecular weight is 213 g/mol. The molecule has 6 heteroatoms. The van der Waals surface area contributed by atoms with Crippen LogP contribution < -0.4 is 5.45 Å². The molecule has 0 aliphatic carbocycles. The van der Waals surface area contributed by atoms with Crippen LogP contribution in [0, 0.1) is 4.91 Å². The minimum Gasteiger partial charge on any atom is -0.390 e. The van der Waals surface area contributed by atoms with Gasteiger partial charge in [-0.3, -0.25) is 0 Å². The van der Waals surface area contributed by atoms with Gasteiger partial charge in [-0.1, -0.05) is 19.6 Å². The van der Waals surface area contributed by atoms with E-state index in [9.17, 15) is 4.91 Å². The molecule has 14 heavy (non-hydrogen) atoms. The first-order valence-electron chi connectivity index (χ1n) is 4.42. The van der Waals surface area contributed by atoms with Gasteiger partial charge < -0.3 is 9.67 Å². The lowest BCUT2D eigenvalue weighted by Crippen LogP contribution is -2.44. The number of hydrogen-bond donors (Lipinski definition) is 1. The van der Waals surface area contributed by atoms with E-state index in [4.69, 9.17) is 5.11 Å². The maximum atomic E-state index is 10.5. The van der Waals surface area contributed by atoms with Crippen molar-refractivity contribution in [3.63, 3.8) is 0 Å². The van der Waals surface area contributed by atoms with Gasteiger partial charge in [-0.25, -0.2) is 4.98 Å². The highest BCUT2D eigenvalue weighted by molar-refractivity contribution is 6.87. The second-order valence-electron chi connectivity index (χ2n) is 4.26. The van der Waals surface area contributed by atoms with Crippen molar-refractivity contribution >= 4 is 19.3 Å². The topological polar surface area (TPSA) is 67.5 Å². The Hall–Kier alpha value is -1.01. The summed E-state index contributed by atoms with van der Waals surface area (Å²) in [5.41, 5.74) is 1.38. The molecule has 0 aliphatic heterocycles. The van der Waals surface area contributed by atoms with Gasteiger partial charge in [-0.05, 0) is 5.18 Å². The fourth-order valence-corrected chi connectivity index (χ4v) is 3.02. The zero-order chi connectivity index (χ0) is 10.9. The summed E-state index contributed by atoms with van der Waals surface area (Å²) in [6.45, 7) is 6.19. The molecule has 0 saturated heterocycles. The first-order valence-corrected chi connectivity index (χ1v) is 7.92. The van der Waals surface area contributed by atoms with Crippen LogP contribution in [0.2, 0.25) is 19.6 Å². The smallest absolute Gasteiger partial charge is 0.219 e. The molecule has 0 saturated carbocycles. The average Bonchev–Trinajstić information content (AvgIpc) is 2.40. The highest BCUT2D eigenvalue weighted by atomic mass is 28.3. The summed E-state index contributed by atoms with van der Waals surface area (Å²) >= 11 is 0. The fraction of sp³-hybridized carbons (Fsp3) is 0.625. The van der Waals surface area contributed by atoms with E-state index in [1.54, 1.807) is 11.6 Å². The maximum Gasteiger partial charge on any atom is 0.219 e. The van der Waals surface area contributed by atoms with E-state index < -0.39 is 8.07 Å². The van der Waals surface area contributed by atoms with Gasteiger partial charge in [0.15, 0.2) is 0 Å². The van der Waals surface area contributed by atoms with Crippen molar-refractivity contribution in [2.45, 2.75) is 26.2 Å². The Bertz CT molecular complexity index is 354. The SMILES string of the molecule is Cn1c([Si](C)(C)C)nc(N=O)c1CO. The third kappa shape index (κ3) is 1.76. The van der Waals surface area contributed by atoms with Crippen LogP contribution in [-0.4, -0.2) is 22.7 Å². The summed E-state index contributed by atoms with van der Waals surface area (Å²) in [5, 5.41) is 11.9. The van der Waals surface area contributed by atoms with E-state index in [0.29, 0.717) is 5.69 Å². The molecule has 0 radical (unpaired) electrons. The van der Waals surface area contributed by atoms with Crippen molar-refractivity contribution in [2.75, 3.05) is 0 Å². The minimum atomic E-state index is -1.58. The number of aromatic nitrogens is 2. The van der Waals surface area contributed by atoms with Gasteiger partial charge in [0.05, 0.1) is 17.7 Å². The molecule has 1 aromatic heterocycles. The van der Waals surface area contributed by atoms with Crippen LogP contribution >= 0.6 is 0 Å². The van der Waals surface area contributed by atoms with Gasteiger partial charge in [-0.15, -0.1) is 4.91 Å². The van der Waals surface area contributed by atoms with Gasteiger partial charge >= 0.3 is 0 Å². The monoisotopic (exact) mass is 213 g/mol. The second kappa shape index (κ2) is 3.62. The van der Waals surface area contributed by atoms with E-state index in [0.717, 1.165) is 5.45 Å². The lowest BCUT2D eigenvalue weighted by molar-refractivity contribution is 0.273. The van der Waals surface area contributed by atoms with Crippen LogP contribution in [0.4, 0.5) is 5.82 Å². The van der Waals surface area contributed by atoms with E-state index in [-0.39, 0.29) is 12.4 Å². The number of nitrogens with zero attached hydrogens (tertiary/aromatic N) is 3. The Labute approximate surface area is 83.8 Å². The summed E-state index contributed by atoms with van der Waals surface area (Å²) in [5.74, 6) is 0.118. The van der Waals surface area contributed by atoms with Crippen LogP contribution in [0.5, 0.6) is 0 Å². The van der Waals surface area contributed by atoms with Crippen molar-refractivity contribution in [1.82, 2.24) is 9.55 Å². The van der Waals surface area contributed by atoms with Crippen LogP contribution in [0.15, 0.2) is 5.18 Å². The lowest BCUT2D eigenvalue weighted by Gasteiger charge is -2.15. The maximum absolute atomic E-state index is 10.5. The number of imidazole rings is 1. The molecule has 1 aromatic rings. The first-order chi connectivity index (χ1) is 6.41. The Balaban J connectivity index is 3.35. The summed E-state index contributed by atoms with van der Waals surface area (Å²) in [6, 6.07) is 0. The highest BCUT2D eigenvalue weighted by Gasteiger charge is 2.26. The van der Waals surface area contributed by atoms with E-state index in [1.165, 1.54) is 0 Å². The van der Waals surface area contributed by atoms with E-state index >= 15 is 0 Å². The number of hydrogen-bond acceptors (Lipinski definition) is 4. The molecular formula is C8H15N3O2Si. The third-order valence-electron chi connectivity index (χ3n) is 2.10. The molecule has 1 heterocycles. The quantitative estimate of drug-likeness (QED) is 0.598. The van der Waals surface area contributed by atoms with Crippen LogP contribution in [-0.2, 0) is 13.7 Å². The normalized spacial score (nSPS) is 11.8.